The molecule has 72 valence electrons. The van der Waals surface area contributed by atoms with Crippen LogP contribution in [0.1, 0.15) is 19.8 Å². The molecule has 0 aromatic rings. The van der Waals surface area contributed by atoms with Gasteiger partial charge in [0.25, 0.3) is 0 Å². The summed E-state index contributed by atoms with van der Waals surface area (Å²) < 4.78 is 0. The van der Waals surface area contributed by atoms with Gasteiger partial charge in [0.15, 0.2) is 0 Å². The summed E-state index contributed by atoms with van der Waals surface area (Å²) in [4.78, 5) is 12.5. The van der Waals surface area contributed by atoms with Gasteiger partial charge in [-0.1, -0.05) is 6.92 Å². The van der Waals surface area contributed by atoms with Gasteiger partial charge in [-0.05, 0) is 13.0 Å². The van der Waals surface area contributed by atoms with Crippen LogP contribution in [-0.2, 0) is 4.79 Å². The van der Waals surface area contributed by atoms with E-state index in [2.05, 4.69) is 6.92 Å². The van der Waals surface area contributed by atoms with E-state index in [0.717, 1.165) is 13.0 Å². The van der Waals surface area contributed by atoms with Crippen LogP contribution in [0.25, 0.3) is 0 Å². The van der Waals surface area contributed by atoms with Crippen molar-refractivity contribution in [2.75, 3.05) is 26.2 Å². The van der Waals surface area contributed by atoms with Crippen molar-refractivity contribution < 1.29 is 9.90 Å². The zero-order valence-corrected chi connectivity index (χ0v) is 7.62. The van der Waals surface area contributed by atoms with Crippen molar-refractivity contribution in [3.63, 3.8) is 0 Å². The van der Waals surface area contributed by atoms with Crippen LogP contribution >= 0.6 is 0 Å². The molecular formula is C8H18N2O2. The molecule has 4 nitrogen and oxygen atoms in total. The molecule has 4 heteroatoms. The minimum absolute atomic E-state index is 0.138. The molecule has 0 rings (SSSR count). The third-order valence-electron chi connectivity index (χ3n) is 1.63. The zero-order valence-electron chi connectivity index (χ0n) is 7.62. The first kappa shape index (κ1) is 11.4. The highest BCUT2D eigenvalue weighted by molar-refractivity contribution is 5.73. The number of hydrogen-bond donors (Lipinski definition) is 2. The maximum Gasteiger partial charge on any atom is 0.218 e. The van der Waals surface area contributed by atoms with E-state index in [0.29, 0.717) is 19.5 Å². The van der Waals surface area contributed by atoms with Crippen LogP contribution in [0, 0.1) is 0 Å². The van der Waals surface area contributed by atoms with Crippen LogP contribution in [0.3, 0.4) is 0 Å². The molecule has 0 aliphatic rings. The van der Waals surface area contributed by atoms with E-state index < -0.39 is 0 Å². The van der Waals surface area contributed by atoms with Crippen LogP contribution in [0.5, 0.6) is 0 Å². The second kappa shape index (κ2) is 7.06. The van der Waals surface area contributed by atoms with Crippen molar-refractivity contribution in [2.45, 2.75) is 19.8 Å². The standard InChI is InChI=1S/C8H18N2O2/c1-2-4-10(6-7-11)5-3-8(9)12/h11H,2-7H2,1H3,(H2,9,12). The summed E-state index contributed by atoms with van der Waals surface area (Å²) in [6, 6.07) is 0. The average molecular weight is 174 g/mol. The molecule has 0 saturated carbocycles. The molecule has 12 heavy (non-hydrogen) atoms. The predicted molar refractivity (Wildman–Crippen MR) is 47.6 cm³/mol. The Morgan fingerprint density at radius 2 is 2.08 bits per heavy atom. The third kappa shape index (κ3) is 6.12. The Balaban J connectivity index is 3.54. The highest BCUT2D eigenvalue weighted by atomic mass is 16.3. The molecule has 0 atom stereocenters. The molecule has 0 aliphatic carbocycles. The Morgan fingerprint density at radius 3 is 2.50 bits per heavy atom. The lowest BCUT2D eigenvalue weighted by Crippen LogP contribution is -2.31. The van der Waals surface area contributed by atoms with E-state index >= 15 is 0 Å². The minimum Gasteiger partial charge on any atom is -0.395 e. The van der Waals surface area contributed by atoms with Crippen molar-refractivity contribution in [1.82, 2.24) is 4.90 Å². The minimum atomic E-state index is -0.283. The molecule has 3 N–H and O–H groups in total. The molecular weight excluding hydrogens is 156 g/mol. The van der Waals surface area contributed by atoms with Gasteiger partial charge in [0, 0.05) is 19.5 Å². The predicted octanol–water partition coefficient (Wildman–Crippen LogP) is -0.434. The Morgan fingerprint density at radius 1 is 1.42 bits per heavy atom. The van der Waals surface area contributed by atoms with Gasteiger partial charge in [0.2, 0.25) is 5.91 Å². The molecule has 0 saturated heterocycles. The number of rotatable bonds is 7. The number of nitrogens with zero attached hydrogens (tertiary/aromatic N) is 1. The summed E-state index contributed by atoms with van der Waals surface area (Å²) in [5.41, 5.74) is 5.00. The van der Waals surface area contributed by atoms with E-state index in [1.807, 2.05) is 4.90 Å². The van der Waals surface area contributed by atoms with Crippen molar-refractivity contribution in [1.29, 1.82) is 0 Å². The first-order valence-electron chi connectivity index (χ1n) is 4.32. The van der Waals surface area contributed by atoms with Gasteiger partial charge >= 0.3 is 0 Å². The number of aliphatic hydroxyl groups is 1. The van der Waals surface area contributed by atoms with Gasteiger partial charge in [0.05, 0.1) is 6.61 Å². The Kier molecular flexibility index (Phi) is 6.70. The number of primary amides is 1. The molecule has 0 fully saturated rings. The second-order valence-corrected chi connectivity index (χ2v) is 2.78. The van der Waals surface area contributed by atoms with Crippen molar-refractivity contribution >= 4 is 5.91 Å². The summed E-state index contributed by atoms with van der Waals surface area (Å²) in [5.74, 6) is -0.283. The number of carbonyl (C=O) groups excluding carboxylic acids is 1. The zero-order chi connectivity index (χ0) is 9.40. The van der Waals surface area contributed by atoms with E-state index in [9.17, 15) is 4.79 Å². The van der Waals surface area contributed by atoms with Crippen LogP contribution < -0.4 is 5.73 Å². The SMILES string of the molecule is CCCN(CCO)CCC(N)=O. The highest BCUT2D eigenvalue weighted by Crippen LogP contribution is 1.92. The van der Waals surface area contributed by atoms with Crippen molar-refractivity contribution in [3.05, 3.63) is 0 Å². The van der Waals surface area contributed by atoms with Crippen LogP contribution in [-0.4, -0.2) is 42.2 Å². The highest BCUT2D eigenvalue weighted by Gasteiger charge is 2.03. The fraction of sp³-hybridized carbons (Fsp3) is 0.875. The molecule has 0 radical (unpaired) electrons. The van der Waals surface area contributed by atoms with E-state index in [1.165, 1.54) is 0 Å². The van der Waals surface area contributed by atoms with Gasteiger partial charge in [-0.25, -0.2) is 0 Å². The molecule has 0 bridgehead atoms. The van der Waals surface area contributed by atoms with Crippen molar-refractivity contribution in [3.8, 4) is 0 Å². The maximum absolute atomic E-state index is 10.4. The van der Waals surface area contributed by atoms with E-state index in [1.54, 1.807) is 0 Å². The summed E-state index contributed by atoms with van der Waals surface area (Å²) in [7, 11) is 0. The Labute approximate surface area is 73.3 Å². The maximum atomic E-state index is 10.4. The van der Waals surface area contributed by atoms with Crippen LogP contribution in [0.4, 0.5) is 0 Å². The summed E-state index contributed by atoms with van der Waals surface area (Å²) in [6.45, 7) is 4.39. The largest absolute Gasteiger partial charge is 0.395 e. The van der Waals surface area contributed by atoms with Crippen LogP contribution in [0.15, 0.2) is 0 Å². The lowest BCUT2D eigenvalue weighted by Gasteiger charge is -2.19. The summed E-state index contributed by atoms with van der Waals surface area (Å²) >= 11 is 0. The Hall–Kier alpha value is -0.610. The molecule has 0 unspecified atom stereocenters. The smallest absolute Gasteiger partial charge is 0.218 e. The average Bonchev–Trinajstić information content (AvgIpc) is 2.01. The molecule has 0 heterocycles. The number of carbonyl (C=O) groups is 1. The number of aliphatic hydroxyl groups excluding tert-OH is 1. The first-order chi connectivity index (χ1) is 5.70. The van der Waals surface area contributed by atoms with Crippen LogP contribution in [0.2, 0.25) is 0 Å². The number of amides is 1. The third-order valence-corrected chi connectivity index (χ3v) is 1.63. The van der Waals surface area contributed by atoms with Gasteiger partial charge in [-0.15, -0.1) is 0 Å². The summed E-state index contributed by atoms with van der Waals surface area (Å²) in [6.07, 6.45) is 1.40. The normalized spacial score (nSPS) is 10.6. The number of nitrogens with two attached hydrogens (primary N) is 1. The quantitative estimate of drug-likeness (QED) is 0.550. The van der Waals surface area contributed by atoms with Gasteiger partial charge < -0.3 is 15.7 Å². The number of hydrogen-bond acceptors (Lipinski definition) is 3. The van der Waals surface area contributed by atoms with E-state index in [-0.39, 0.29) is 12.5 Å². The molecule has 0 aliphatic heterocycles. The van der Waals surface area contributed by atoms with Gasteiger partial charge in [-0.2, -0.15) is 0 Å². The van der Waals surface area contributed by atoms with E-state index in [4.69, 9.17) is 10.8 Å². The lowest BCUT2D eigenvalue weighted by molar-refractivity contribution is -0.118. The Bertz CT molecular complexity index is 122. The molecule has 0 aromatic carbocycles. The second-order valence-electron chi connectivity index (χ2n) is 2.78. The van der Waals surface area contributed by atoms with Gasteiger partial charge in [-0.3, -0.25) is 4.79 Å². The lowest BCUT2D eigenvalue weighted by atomic mass is 10.3. The monoisotopic (exact) mass is 174 g/mol. The summed E-state index contributed by atoms with van der Waals surface area (Å²) in [5, 5.41) is 8.67. The fourth-order valence-corrected chi connectivity index (χ4v) is 1.06. The molecule has 1 amide bonds. The topological polar surface area (TPSA) is 66.6 Å². The van der Waals surface area contributed by atoms with Crippen molar-refractivity contribution in [2.24, 2.45) is 5.73 Å². The molecule has 0 aromatic heterocycles. The fourth-order valence-electron chi connectivity index (χ4n) is 1.06. The first-order valence-corrected chi connectivity index (χ1v) is 4.32. The van der Waals surface area contributed by atoms with Gasteiger partial charge in [0.1, 0.15) is 0 Å². The molecule has 0 spiro atoms.